The number of aromatic nitrogens is 2. The van der Waals surface area contributed by atoms with Crippen LogP contribution in [0.5, 0.6) is 11.5 Å². The number of anilines is 1. The molecule has 18 heteroatoms. The smallest absolute Gasteiger partial charge is 0.490 e. The average Bonchev–Trinajstić information content (AvgIpc) is 3.72. The third-order valence-corrected chi connectivity index (χ3v) is 6.72. The molecule has 2 aliphatic rings. The Hall–Kier alpha value is -4.87. The van der Waals surface area contributed by atoms with Gasteiger partial charge in [-0.15, -0.1) is 0 Å². The van der Waals surface area contributed by atoms with Crippen LogP contribution in [-0.4, -0.2) is 88.4 Å². The SMILES string of the molecule is O=C(Nc1cc(-c2cn[nH]c2)ccc1OCCN1CCCC1)C1COc2ccc(F)cc2C1.O=C(O)C(F)(F)F.O=C(O)C(F)(F)F. The van der Waals surface area contributed by atoms with Gasteiger partial charge < -0.3 is 25.0 Å². The second-order valence-electron chi connectivity index (χ2n) is 10.2. The standard InChI is InChI=1S/C25H27FN4O3.2C2HF3O2/c26-21-4-6-23-18(12-21)11-19(16-33-23)25(31)29-22-13-17(20-14-27-28-15-20)3-5-24(22)32-10-9-30-7-1-2-8-30;2*3-2(4,5)1(6)7/h3-6,12-15,19H,1-2,7-11,16H2,(H,27,28)(H,29,31);2*(H,6,7). The highest BCUT2D eigenvalue weighted by atomic mass is 19.4. The number of likely N-dealkylation sites (tertiary alicyclic amines) is 1. The Labute approximate surface area is 262 Å². The maximum absolute atomic E-state index is 13.6. The van der Waals surface area contributed by atoms with Crippen molar-refractivity contribution in [3.8, 4) is 22.6 Å². The number of benzene rings is 2. The van der Waals surface area contributed by atoms with E-state index in [1.807, 2.05) is 18.2 Å². The van der Waals surface area contributed by atoms with Gasteiger partial charge in [-0.05, 0) is 73.8 Å². The monoisotopic (exact) mass is 678 g/mol. The number of halogens is 7. The van der Waals surface area contributed by atoms with E-state index >= 15 is 0 Å². The van der Waals surface area contributed by atoms with Crippen molar-refractivity contribution in [2.45, 2.75) is 31.6 Å². The molecule has 0 saturated carbocycles. The fourth-order valence-electron chi connectivity index (χ4n) is 4.40. The van der Waals surface area contributed by atoms with Gasteiger partial charge in [0.25, 0.3) is 0 Å². The molecule has 256 valence electrons. The maximum atomic E-state index is 13.6. The summed E-state index contributed by atoms with van der Waals surface area (Å²) in [5.74, 6) is -5.20. The Balaban J connectivity index is 0.000000360. The van der Waals surface area contributed by atoms with Gasteiger partial charge in [-0.3, -0.25) is 14.8 Å². The first-order valence-electron chi connectivity index (χ1n) is 13.8. The lowest BCUT2D eigenvalue weighted by molar-refractivity contribution is -0.193. The summed E-state index contributed by atoms with van der Waals surface area (Å²) >= 11 is 0. The molecule has 0 spiro atoms. The Kier molecular flexibility index (Phi) is 12.5. The van der Waals surface area contributed by atoms with Crippen molar-refractivity contribution in [2.75, 3.05) is 38.2 Å². The molecule has 2 aliphatic heterocycles. The quantitative estimate of drug-likeness (QED) is 0.249. The van der Waals surface area contributed by atoms with Crippen molar-refractivity contribution >= 4 is 23.5 Å². The summed E-state index contributed by atoms with van der Waals surface area (Å²) in [5.41, 5.74) is 3.14. The first kappa shape index (κ1) is 36.6. The van der Waals surface area contributed by atoms with Crippen molar-refractivity contribution in [3.63, 3.8) is 0 Å². The lowest BCUT2D eigenvalue weighted by atomic mass is 9.95. The number of carbonyl (C=O) groups excluding carboxylic acids is 1. The van der Waals surface area contributed by atoms with E-state index < -0.39 is 30.2 Å². The van der Waals surface area contributed by atoms with Gasteiger partial charge in [-0.2, -0.15) is 31.4 Å². The van der Waals surface area contributed by atoms with Gasteiger partial charge in [0.1, 0.15) is 30.5 Å². The molecule has 1 aromatic heterocycles. The molecule has 1 saturated heterocycles. The minimum Gasteiger partial charge on any atom is -0.492 e. The Bertz CT molecular complexity index is 1490. The lowest BCUT2D eigenvalue weighted by Gasteiger charge is -2.25. The predicted molar refractivity (Wildman–Crippen MR) is 150 cm³/mol. The molecule has 1 unspecified atom stereocenters. The summed E-state index contributed by atoms with van der Waals surface area (Å²) in [6.45, 7) is 3.87. The van der Waals surface area contributed by atoms with E-state index in [1.165, 1.54) is 25.0 Å². The molecule has 1 atom stereocenters. The lowest BCUT2D eigenvalue weighted by Crippen LogP contribution is -2.33. The van der Waals surface area contributed by atoms with Crippen LogP contribution in [-0.2, 0) is 20.8 Å². The van der Waals surface area contributed by atoms with Crippen LogP contribution in [0.2, 0.25) is 0 Å². The van der Waals surface area contributed by atoms with Gasteiger partial charge in [0.15, 0.2) is 0 Å². The highest BCUT2D eigenvalue weighted by molar-refractivity contribution is 5.95. The molecule has 47 heavy (non-hydrogen) atoms. The normalized spacial score (nSPS) is 15.9. The van der Waals surface area contributed by atoms with E-state index in [0.717, 1.165) is 30.8 Å². The van der Waals surface area contributed by atoms with Gasteiger partial charge in [0.05, 0.1) is 17.8 Å². The van der Waals surface area contributed by atoms with Gasteiger partial charge in [0.2, 0.25) is 5.91 Å². The molecular weight excluding hydrogens is 649 g/mol. The second kappa shape index (κ2) is 16.1. The van der Waals surface area contributed by atoms with Crippen molar-refractivity contribution in [1.82, 2.24) is 15.1 Å². The minimum atomic E-state index is -5.08. The second-order valence-corrected chi connectivity index (χ2v) is 10.2. The van der Waals surface area contributed by atoms with Crippen LogP contribution in [0.4, 0.5) is 36.4 Å². The summed E-state index contributed by atoms with van der Waals surface area (Å²) in [5, 5.41) is 24.1. The zero-order chi connectivity index (χ0) is 34.8. The molecule has 4 N–H and O–H groups in total. The molecule has 0 aliphatic carbocycles. The molecule has 1 amide bonds. The number of nitrogens with one attached hydrogen (secondary N) is 2. The fraction of sp³-hybridized carbons (Fsp3) is 0.379. The number of H-pyrrole nitrogens is 1. The highest BCUT2D eigenvalue weighted by Gasteiger charge is 2.39. The van der Waals surface area contributed by atoms with E-state index in [2.05, 4.69) is 20.4 Å². The summed E-state index contributed by atoms with van der Waals surface area (Å²) in [6.07, 6.45) is -3.75. The van der Waals surface area contributed by atoms with Gasteiger partial charge >= 0.3 is 24.3 Å². The number of hydrogen-bond acceptors (Lipinski definition) is 7. The molecule has 3 aromatic rings. The number of aliphatic carboxylic acids is 2. The number of rotatable bonds is 7. The average molecular weight is 679 g/mol. The van der Waals surface area contributed by atoms with Crippen LogP contribution in [0.1, 0.15) is 18.4 Å². The first-order valence-corrected chi connectivity index (χ1v) is 13.8. The third-order valence-electron chi connectivity index (χ3n) is 6.72. The van der Waals surface area contributed by atoms with Crippen molar-refractivity contribution in [3.05, 3.63) is 60.2 Å². The number of amides is 1. The van der Waals surface area contributed by atoms with Crippen LogP contribution in [0.3, 0.4) is 0 Å². The molecule has 2 aromatic carbocycles. The number of fused-ring (bicyclic) bond motifs is 1. The molecular formula is C29H29F7N4O7. The molecule has 5 rings (SSSR count). The number of carbonyl (C=O) groups is 3. The van der Waals surface area contributed by atoms with E-state index in [9.17, 15) is 35.5 Å². The van der Waals surface area contributed by atoms with E-state index in [-0.39, 0.29) is 18.3 Å². The van der Waals surface area contributed by atoms with Crippen LogP contribution < -0.4 is 14.8 Å². The van der Waals surface area contributed by atoms with Crippen LogP contribution in [0.25, 0.3) is 11.1 Å². The Morgan fingerprint density at radius 3 is 2.19 bits per heavy atom. The number of nitrogens with zero attached hydrogens (tertiary/aromatic N) is 2. The summed E-state index contributed by atoms with van der Waals surface area (Å²) in [7, 11) is 0. The number of hydrogen-bond donors (Lipinski definition) is 4. The maximum Gasteiger partial charge on any atom is 0.490 e. The molecule has 1 fully saturated rings. The third kappa shape index (κ3) is 11.5. The largest absolute Gasteiger partial charge is 0.492 e. The van der Waals surface area contributed by atoms with E-state index in [1.54, 1.807) is 18.5 Å². The fourth-order valence-corrected chi connectivity index (χ4v) is 4.40. The topological polar surface area (TPSA) is 154 Å². The summed E-state index contributed by atoms with van der Waals surface area (Å²) in [4.78, 5) is 33.3. The highest BCUT2D eigenvalue weighted by Crippen LogP contribution is 2.33. The number of ether oxygens (including phenoxy) is 2. The van der Waals surface area contributed by atoms with Crippen LogP contribution >= 0.6 is 0 Å². The summed E-state index contributed by atoms with van der Waals surface area (Å²) in [6, 6.07) is 10.1. The Morgan fingerprint density at radius 1 is 0.979 bits per heavy atom. The number of carboxylic acids is 2. The van der Waals surface area contributed by atoms with Crippen LogP contribution in [0, 0.1) is 11.7 Å². The number of alkyl halides is 6. The molecule has 0 bridgehead atoms. The predicted octanol–water partition coefficient (Wildman–Crippen LogP) is 5.15. The van der Waals surface area contributed by atoms with E-state index in [4.69, 9.17) is 29.3 Å². The van der Waals surface area contributed by atoms with Crippen molar-refractivity contribution in [2.24, 2.45) is 5.92 Å². The number of aromatic amines is 1. The van der Waals surface area contributed by atoms with E-state index in [0.29, 0.717) is 35.8 Å². The van der Waals surface area contributed by atoms with Gasteiger partial charge in [-0.1, -0.05) is 6.07 Å². The molecule has 3 heterocycles. The molecule has 0 radical (unpaired) electrons. The Morgan fingerprint density at radius 2 is 1.62 bits per heavy atom. The van der Waals surface area contributed by atoms with Crippen molar-refractivity contribution in [1.29, 1.82) is 0 Å². The number of carboxylic acid groups (broad SMARTS) is 2. The van der Waals surface area contributed by atoms with Crippen LogP contribution in [0.15, 0.2) is 48.8 Å². The van der Waals surface area contributed by atoms with Gasteiger partial charge in [-0.25, -0.2) is 14.0 Å². The zero-order valence-electron chi connectivity index (χ0n) is 24.3. The van der Waals surface area contributed by atoms with Crippen molar-refractivity contribution < 1.29 is 64.8 Å². The zero-order valence-corrected chi connectivity index (χ0v) is 24.3. The van der Waals surface area contributed by atoms with Gasteiger partial charge in [0, 0.05) is 18.3 Å². The first-order chi connectivity index (χ1) is 22.0. The molecule has 11 nitrogen and oxygen atoms in total. The summed E-state index contributed by atoms with van der Waals surface area (Å²) < 4.78 is 88.9. The minimum absolute atomic E-state index is 0.182.